The summed E-state index contributed by atoms with van der Waals surface area (Å²) >= 11 is 0. The van der Waals surface area contributed by atoms with Gasteiger partial charge in [0.1, 0.15) is 6.10 Å². The van der Waals surface area contributed by atoms with Crippen molar-refractivity contribution in [2.24, 2.45) is 0 Å². The predicted octanol–water partition coefficient (Wildman–Crippen LogP) is 2.90. The van der Waals surface area contributed by atoms with E-state index in [1.54, 1.807) is 12.2 Å². The molecular formula is C22H34O6. The fraction of sp³-hybridized carbons (Fsp3) is 0.591. The molecule has 1 aliphatic heterocycles. The van der Waals surface area contributed by atoms with Gasteiger partial charge in [0.25, 0.3) is 0 Å². The Morgan fingerprint density at radius 2 is 1.82 bits per heavy atom. The summed E-state index contributed by atoms with van der Waals surface area (Å²) in [4.78, 5) is 10.4. The van der Waals surface area contributed by atoms with Gasteiger partial charge in [-0.1, -0.05) is 55.5 Å². The third-order valence-corrected chi connectivity index (χ3v) is 4.42. The minimum atomic E-state index is -0.805. The number of aliphatic hydroxyl groups excluding tert-OH is 3. The van der Waals surface area contributed by atoms with E-state index in [1.165, 1.54) is 0 Å². The molecule has 1 heterocycles. The molecule has 0 radical (unpaired) electrons. The molecule has 158 valence electrons. The Morgan fingerprint density at radius 1 is 1.11 bits per heavy atom. The number of carbonyl (C=O) groups is 1. The molecule has 1 aliphatic rings. The molecule has 1 saturated heterocycles. The first-order chi connectivity index (χ1) is 13.4. The van der Waals surface area contributed by atoms with Crippen LogP contribution in [0.3, 0.4) is 0 Å². The zero-order valence-corrected chi connectivity index (χ0v) is 16.6. The second-order valence-corrected chi connectivity index (χ2v) is 6.92. The van der Waals surface area contributed by atoms with Crippen molar-refractivity contribution >= 4 is 5.97 Å². The SMILES string of the molecule is CC/C=C\C[C@@H](O)[C@@H]1C[C@@H](O)[C@@H](/C=C/[C@@H](O)C/C=C\C/C=C\CCC(=O)O)O1. The van der Waals surface area contributed by atoms with Crippen molar-refractivity contribution in [3.8, 4) is 0 Å². The first-order valence-corrected chi connectivity index (χ1v) is 9.98. The summed E-state index contributed by atoms with van der Waals surface area (Å²) in [5, 5.41) is 38.8. The fourth-order valence-electron chi connectivity index (χ4n) is 2.84. The van der Waals surface area contributed by atoms with Crippen molar-refractivity contribution in [1.82, 2.24) is 0 Å². The molecular weight excluding hydrogens is 360 g/mol. The van der Waals surface area contributed by atoms with Gasteiger partial charge in [0, 0.05) is 12.8 Å². The van der Waals surface area contributed by atoms with E-state index in [9.17, 15) is 20.1 Å². The summed E-state index contributed by atoms with van der Waals surface area (Å²) in [7, 11) is 0. The fourth-order valence-corrected chi connectivity index (χ4v) is 2.84. The summed E-state index contributed by atoms with van der Waals surface area (Å²) in [6.07, 6.45) is 15.3. The van der Waals surface area contributed by atoms with Crippen LogP contribution in [0.4, 0.5) is 0 Å². The Bertz CT molecular complexity index is 551. The van der Waals surface area contributed by atoms with Crippen LogP contribution >= 0.6 is 0 Å². The molecule has 6 heteroatoms. The Morgan fingerprint density at radius 3 is 2.54 bits per heavy atom. The molecule has 0 amide bonds. The highest BCUT2D eigenvalue weighted by Crippen LogP contribution is 2.25. The van der Waals surface area contributed by atoms with Gasteiger partial charge in [0.2, 0.25) is 0 Å². The summed E-state index contributed by atoms with van der Waals surface area (Å²) < 4.78 is 5.71. The van der Waals surface area contributed by atoms with E-state index in [4.69, 9.17) is 9.84 Å². The van der Waals surface area contributed by atoms with Gasteiger partial charge >= 0.3 is 5.97 Å². The van der Waals surface area contributed by atoms with E-state index >= 15 is 0 Å². The molecule has 0 unspecified atom stereocenters. The first kappa shape index (κ1) is 24.3. The highest BCUT2D eigenvalue weighted by Gasteiger charge is 2.35. The molecule has 5 atom stereocenters. The molecule has 0 aromatic rings. The highest BCUT2D eigenvalue weighted by atomic mass is 16.5. The highest BCUT2D eigenvalue weighted by molar-refractivity contribution is 5.66. The molecule has 0 aromatic carbocycles. The summed E-state index contributed by atoms with van der Waals surface area (Å²) in [6.45, 7) is 2.03. The summed E-state index contributed by atoms with van der Waals surface area (Å²) in [5.41, 5.74) is 0. The van der Waals surface area contributed by atoms with E-state index in [1.807, 2.05) is 43.4 Å². The number of aliphatic hydroxyl groups is 3. The maximum atomic E-state index is 10.4. The van der Waals surface area contributed by atoms with Gasteiger partial charge in [-0.15, -0.1) is 0 Å². The number of hydrogen-bond acceptors (Lipinski definition) is 5. The summed E-state index contributed by atoms with van der Waals surface area (Å²) in [6, 6.07) is 0. The molecule has 1 fully saturated rings. The normalized spacial score (nSPS) is 25.5. The maximum absolute atomic E-state index is 10.4. The Labute approximate surface area is 167 Å². The van der Waals surface area contributed by atoms with Crippen molar-refractivity contribution in [1.29, 1.82) is 0 Å². The number of carboxylic acid groups (broad SMARTS) is 1. The van der Waals surface area contributed by atoms with Gasteiger partial charge in [-0.2, -0.15) is 0 Å². The van der Waals surface area contributed by atoms with Crippen LogP contribution in [-0.4, -0.2) is 56.9 Å². The van der Waals surface area contributed by atoms with Crippen LogP contribution < -0.4 is 0 Å². The average Bonchev–Trinajstić information content (AvgIpc) is 3.03. The second kappa shape index (κ2) is 14.3. The van der Waals surface area contributed by atoms with Crippen LogP contribution in [0.15, 0.2) is 48.6 Å². The zero-order chi connectivity index (χ0) is 20.8. The minimum Gasteiger partial charge on any atom is -0.481 e. The number of ether oxygens (including phenoxy) is 1. The quantitative estimate of drug-likeness (QED) is 0.358. The van der Waals surface area contributed by atoms with Crippen LogP contribution in [-0.2, 0) is 9.53 Å². The third-order valence-electron chi connectivity index (χ3n) is 4.42. The van der Waals surface area contributed by atoms with E-state index in [0.717, 1.165) is 6.42 Å². The predicted molar refractivity (Wildman–Crippen MR) is 109 cm³/mol. The van der Waals surface area contributed by atoms with Gasteiger partial charge in [0.15, 0.2) is 0 Å². The second-order valence-electron chi connectivity index (χ2n) is 6.92. The van der Waals surface area contributed by atoms with Crippen LogP contribution in [0.25, 0.3) is 0 Å². The largest absolute Gasteiger partial charge is 0.481 e. The summed E-state index contributed by atoms with van der Waals surface area (Å²) in [5.74, 6) is -0.805. The van der Waals surface area contributed by atoms with Crippen molar-refractivity contribution in [2.45, 2.75) is 82.4 Å². The molecule has 28 heavy (non-hydrogen) atoms. The average molecular weight is 395 g/mol. The molecule has 0 bridgehead atoms. The number of hydrogen-bond donors (Lipinski definition) is 4. The van der Waals surface area contributed by atoms with Crippen molar-refractivity contribution in [2.75, 3.05) is 0 Å². The monoisotopic (exact) mass is 394 g/mol. The Balaban J connectivity index is 2.29. The maximum Gasteiger partial charge on any atom is 0.303 e. The lowest BCUT2D eigenvalue weighted by molar-refractivity contribution is -0.136. The van der Waals surface area contributed by atoms with Crippen LogP contribution in [0, 0.1) is 0 Å². The van der Waals surface area contributed by atoms with E-state index in [0.29, 0.717) is 32.1 Å². The van der Waals surface area contributed by atoms with Crippen molar-refractivity contribution < 1.29 is 30.0 Å². The Kier molecular flexibility index (Phi) is 12.4. The van der Waals surface area contributed by atoms with Gasteiger partial charge in [0.05, 0.1) is 24.4 Å². The standard InChI is InChI=1S/C22H34O6/c1-2-3-8-12-18(24)21-16-19(25)20(28-21)15-14-17(23)11-9-6-4-5-7-10-13-22(26)27/h3,5-9,14-15,17-21,23-25H,2,4,10-13,16H2,1H3,(H,26,27)/b7-5-,8-3-,9-6-,15-14+/t17-,18+,19+,20+,21-/m0/s1. The van der Waals surface area contributed by atoms with Crippen molar-refractivity contribution in [3.05, 3.63) is 48.6 Å². The molecule has 1 rings (SSSR count). The van der Waals surface area contributed by atoms with E-state index in [2.05, 4.69) is 0 Å². The van der Waals surface area contributed by atoms with Crippen LogP contribution in [0.2, 0.25) is 0 Å². The molecule has 6 nitrogen and oxygen atoms in total. The van der Waals surface area contributed by atoms with E-state index < -0.39 is 36.5 Å². The number of aliphatic carboxylic acids is 1. The molecule has 0 saturated carbocycles. The lowest BCUT2D eigenvalue weighted by Crippen LogP contribution is -2.25. The zero-order valence-electron chi connectivity index (χ0n) is 16.6. The molecule has 0 spiro atoms. The lowest BCUT2D eigenvalue weighted by Gasteiger charge is -2.16. The topological polar surface area (TPSA) is 107 Å². The van der Waals surface area contributed by atoms with Gasteiger partial charge < -0.3 is 25.2 Å². The molecule has 4 N–H and O–H groups in total. The van der Waals surface area contributed by atoms with Gasteiger partial charge in [-0.25, -0.2) is 0 Å². The van der Waals surface area contributed by atoms with Crippen molar-refractivity contribution in [3.63, 3.8) is 0 Å². The number of allylic oxidation sites excluding steroid dienone is 4. The minimum absolute atomic E-state index is 0.131. The first-order valence-electron chi connectivity index (χ1n) is 9.98. The van der Waals surface area contributed by atoms with Gasteiger partial charge in [-0.3, -0.25) is 4.79 Å². The van der Waals surface area contributed by atoms with E-state index in [-0.39, 0.29) is 6.42 Å². The van der Waals surface area contributed by atoms with Gasteiger partial charge in [-0.05, 0) is 32.1 Å². The number of carboxylic acids is 1. The lowest BCUT2D eigenvalue weighted by atomic mass is 10.0. The smallest absolute Gasteiger partial charge is 0.303 e. The third kappa shape index (κ3) is 10.6. The molecule has 0 aromatic heterocycles. The van der Waals surface area contributed by atoms with Crippen LogP contribution in [0.5, 0.6) is 0 Å². The Hall–Kier alpha value is -1.73. The van der Waals surface area contributed by atoms with Crippen LogP contribution in [0.1, 0.15) is 51.9 Å². The number of rotatable bonds is 13. The molecule has 0 aliphatic carbocycles.